The van der Waals surface area contributed by atoms with Gasteiger partial charge in [0.25, 0.3) is 0 Å². The number of benzene rings is 3. The zero-order chi connectivity index (χ0) is 22.2. The first-order chi connectivity index (χ1) is 14.8. The summed E-state index contributed by atoms with van der Waals surface area (Å²) in [5, 5.41) is 0. The number of anilines is 2. The number of carbonyl (C=O) groups is 1. The van der Waals surface area contributed by atoms with Gasteiger partial charge >= 0.3 is 0 Å². The van der Waals surface area contributed by atoms with Crippen LogP contribution in [0.2, 0.25) is 0 Å². The Morgan fingerprint density at radius 2 is 1.61 bits per heavy atom. The standard InChI is InChI=1S/C25H22FNO3S/c1-3-17-8-10-19(11-9-17)25(28)24-16-27(21-7-5-6-18(4-2)14-21)22-13-12-20(26)15-23(22)31(24,29)30/h5-16H,3-4H2,1-2H3. The average Bonchev–Trinajstić information content (AvgIpc) is 2.79. The van der Waals surface area contributed by atoms with E-state index < -0.39 is 21.4 Å². The molecule has 0 aliphatic carbocycles. The number of hydrogen-bond donors (Lipinski definition) is 0. The Kier molecular flexibility index (Phi) is 5.50. The lowest BCUT2D eigenvalue weighted by molar-refractivity contribution is 0.104. The third-order valence-electron chi connectivity index (χ3n) is 5.45. The summed E-state index contributed by atoms with van der Waals surface area (Å²) in [4.78, 5) is 14.3. The van der Waals surface area contributed by atoms with Gasteiger partial charge in [0.1, 0.15) is 10.7 Å². The van der Waals surface area contributed by atoms with Gasteiger partial charge in [0.15, 0.2) is 0 Å². The summed E-state index contributed by atoms with van der Waals surface area (Å²) >= 11 is 0. The Morgan fingerprint density at radius 3 is 2.29 bits per heavy atom. The number of aryl methyl sites for hydroxylation is 2. The molecule has 0 atom stereocenters. The molecule has 1 aliphatic heterocycles. The summed E-state index contributed by atoms with van der Waals surface area (Å²) in [7, 11) is -4.20. The molecule has 0 aromatic heterocycles. The first-order valence-electron chi connectivity index (χ1n) is 10.1. The van der Waals surface area contributed by atoms with Crippen molar-refractivity contribution in [3.63, 3.8) is 0 Å². The molecule has 6 heteroatoms. The Hall–Kier alpha value is -3.25. The minimum atomic E-state index is -4.20. The van der Waals surface area contributed by atoms with Gasteiger partial charge in [0.05, 0.1) is 10.6 Å². The molecule has 0 bridgehead atoms. The van der Waals surface area contributed by atoms with Crippen LogP contribution in [-0.4, -0.2) is 14.2 Å². The van der Waals surface area contributed by atoms with Crippen LogP contribution >= 0.6 is 0 Å². The number of fused-ring (bicyclic) bond motifs is 1. The molecule has 0 unspecified atom stereocenters. The van der Waals surface area contributed by atoms with Crippen LogP contribution in [0.25, 0.3) is 0 Å². The highest BCUT2D eigenvalue weighted by molar-refractivity contribution is 7.96. The SMILES string of the molecule is CCc1ccc(C(=O)C2=CN(c3cccc(CC)c3)c3ccc(F)cc3S2(=O)=O)cc1. The minimum absolute atomic E-state index is 0.217. The van der Waals surface area contributed by atoms with Gasteiger partial charge < -0.3 is 4.90 Å². The van der Waals surface area contributed by atoms with Crippen molar-refractivity contribution in [2.24, 2.45) is 0 Å². The largest absolute Gasteiger partial charge is 0.314 e. The topological polar surface area (TPSA) is 54.5 Å². The molecule has 3 aromatic rings. The van der Waals surface area contributed by atoms with Gasteiger partial charge in [0, 0.05) is 17.5 Å². The molecule has 4 nitrogen and oxygen atoms in total. The molecule has 0 fully saturated rings. The molecule has 0 N–H and O–H groups in total. The van der Waals surface area contributed by atoms with E-state index >= 15 is 0 Å². The van der Waals surface area contributed by atoms with Crippen LogP contribution in [0, 0.1) is 5.82 Å². The number of Topliss-reactive ketones (excluding diaryl/α,β-unsaturated/α-hetero) is 1. The van der Waals surface area contributed by atoms with Crippen LogP contribution in [0.3, 0.4) is 0 Å². The van der Waals surface area contributed by atoms with E-state index in [0.29, 0.717) is 11.4 Å². The van der Waals surface area contributed by atoms with Crippen molar-refractivity contribution in [2.45, 2.75) is 31.6 Å². The summed E-state index contributed by atoms with van der Waals surface area (Å²) in [6, 6.07) is 18.1. The van der Waals surface area contributed by atoms with Crippen molar-refractivity contribution in [3.8, 4) is 0 Å². The van der Waals surface area contributed by atoms with Gasteiger partial charge in [-0.2, -0.15) is 0 Å². The Balaban J connectivity index is 1.90. The van der Waals surface area contributed by atoms with Gasteiger partial charge in [0.2, 0.25) is 15.6 Å². The molecule has 0 saturated carbocycles. The van der Waals surface area contributed by atoms with Crippen molar-refractivity contribution in [2.75, 3.05) is 4.90 Å². The molecule has 0 radical (unpaired) electrons. The van der Waals surface area contributed by atoms with E-state index in [2.05, 4.69) is 0 Å². The van der Waals surface area contributed by atoms with Crippen molar-refractivity contribution >= 4 is 27.0 Å². The number of carbonyl (C=O) groups excluding carboxylic acids is 1. The van der Waals surface area contributed by atoms with E-state index in [9.17, 15) is 17.6 Å². The zero-order valence-electron chi connectivity index (χ0n) is 17.3. The van der Waals surface area contributed by atoms with Gasteiger partial charge in [-0.3, -0.25) is 4.79 Å². The molecule has 4 rings (SSSR count). The molecule has 0 spiro atoms. The van der Waals surface area contributed by atoms with E-state index in [-0.39, 0.29) is 15.4 Å². The number of sulfone groups is 1. The van der Waals surface area contributed by atoms with Crippen LogP contribution in [0.1, 0.15) is 35.3 Å². The monoisotopic (exact) mass is 435 g/mol. The molecule has 0 saturated heterocycles. The highest BCUT2D eigenvalue weighted by atomic mass is 32.2. The van der Waals surface area contributed by atoms with E-state index in [0.717, 1.165) is 30.0 Å². The lowest BCUT2D eigenvalue weighted by Gasteiger charge is -2.29. The fourth-order valence-electron chi connectivity index (χ4n) is 3.63. The fraction of sp³-hybridized carbons (Fsp3) is 0.160. The van der Waals surface area contributed by atoms with Gasteiger partial charge in [-0.1, -0.05) is 50.2 Å². The number of rotatable bonds is 5. The third kappa shape index (κ3) is 3.79. The Morgan fingerprint density at radius 1 is 0.903 bits per heavy atom. The highest BCUT2D eigenvalue weighted by Crippen LogP contribution is 2.41. The fourth-order valence-corrected chi connectivity index (χ4v) is 5.18. The normalized spacial score (nSPS) is 14.7. The van der Waals surface area contributed by atoms with Crippen LogP contribution in [-0.2, 0) is 22.7 Å². The summed E-state index contributed by atoms with van der Waals surface area (Å²) in [6.07, 6.45) is 2.96. The quantitative estimate of drug-likeness (QED) is 0.490. The summed E-state index contributed by atoms with van der Waals surface area (Å²) in [6.45, 7) is 4.02. The number of allylic oxidation sites excluding steroid dienone is 1. The van der Waals surface area contributed by atoms with Crippen molar-refractivity contribution in [1.29, 1.82) is 0 Å². The van der Waals surface area contributed by atoms with Crippen LogP contribution in [0.15, 0.2) is 82.7 Å². The lowest BCUT2D eigenvalue weighted by Crippen LogP contribution is -2.26. The molecule has 3 aromatic carbocycles. The molecule has 158 valence electrons. The second-order valence-corrected chi connectivity index (χ2v) is 9.27. The van der Waals surface area contributed by atoms with E-state index in [1.165, 1.54) is 18.3 Å². The van der Waals surface area contributed by atoms with E-state index in [1.807, 2.05) is 38.1 Å². The molecule has 1 heterocycles. The van der Waals surface area contributed by atoms with E-state index in [4.69, 9.17) is 0 Å². The molecule has 1 aliphatic rings. The second kappa shape index (κ2) is 8.12. The number of halogens is 1. The van der Waals surface area contributed by atoms with Crippen LogP contribution in [0.4, 0.5) is 15.8 Å². The predicted octanol–water partition coefficient (Wildman–Crippen LogP) is 5.60. The predicted molar refractivity (Wildman–Crippen MR) is 120 cm³/mol. The summed E-state index contributed by atoms with van der Waals surface area (Å²) in [5.41, 5.74) is 3.39. The van der Waals surface area contributed by atoms with Crippen LogP contribution in [0.5, 0.6) is 0 Å². The number of hydrogen-bond acceptors (Lipinski definition) is 4. The third-order valence-corrected chi connectivity index (χ3v) is 7.23. The number of ketones is 1. The van der Waals surface area contributed by atoms with Crippen molar-refractivity contribution in [1.82, 2.24) is 0 Å². The number of nitrogens with zero attached hydrogens (tertiary/aromatic N) is 1. The molecule has 31 heavy (non-hydrogen) atoms. The minimum Gasteiger partial charge on any atom is -0.314 e. The average molecular weight is 436 g/mol. The lowest BCUT2D eigenvalue weighted by atomic mass is 10.1. The summed E-state index contributed by atoms with van der Waals surface area (Å²) in [5.74, 6) is -1.29. The first kappa shape index (κ1) is 21.0. The van der Waals surface area contributed by atoms with Crippen molar-refractivity contribution < 1.29 is 17.6 Å². The second-order valence-electron chi connectivity index (χ2n) is 7.38. The highest BCUT2D eigenvalue weighted by Gasteiger charge is 2.36. The summed E-state index contributed by atoms with van der Waals surface area (Å²) < 4.78 is 40.7. The maximum Gasteiger partial charge on any atom is 0.214 e. The van der Waals surface area contributed by atoms with Crippen LogP contribution < -0.4 is 4.90 Å². The molecular formula is C25H22FNO3S. The van der Waals surface area contributed by atoms with Gasteiger partial charge in [-0.15, -0.1) is 0 Å². The van der Waals surface area contributed by atoms with Crippen molar-refractivity contribution in [3.05, 3.63) is 100 Å². The van der Waals surface area contributed by atoms with Gasteiger partial charge in [-0.05, 0) is 54.3 Å². The Labute approximate surface area is 181 Å². The maximum atomic E-state index is 14.0. The zero-order valence-corrected chi connectivity index (χ0v) is 18.1. The first-order valence-corrected chi connectivity index (χ1v) is 11.6. The molecular weight excluding hydrogens is 413 g/mol. The Bertz CT molecular complexity index is 1290. The smallest absolute Gasteiger partial charge is 0.214 e. The van der Waals surface area contributed by atoms with Gasteiger partial charge in [-0.25, -0.2) is 12.8 Å². The van der Waals surface area contributed by atoms with E-state index in [1.54, 1.807) is 29.2 Å². The molecule has 0 amide bonds. The maximum absolute atomic E-state index is 14.0.